The van der Waals surface area contributed by atoms with Crippen molar-refractivity contribution in [3.05, 3.63) is 16.7 Å². The van der Waals surface area contributed by atoms with E-state index in [1.807, 2.05) is 27.7 Å². The number of ether oxygens (including phenoxy) is 3. The van der Waals surface area contributed by atoms with Crippen LogP contribution < -0.4 is 14.2 Å². The number of benzene rings is 1. The molecule has 0 saturated carbocycles. The molecule has 0 unspecified atom stereocenters. The van der Waals surface area contributed by atoms with Crippen LogP contribution in [-0.2, 0) is 0 Å². The van der Waals surface area contributed by atoms with E-state index in [4.69, 9.17) is 14.2 Å². The number of rotatable bonds is 3. The van der Waals surface area contributed by atoms with Crippen molar-refractivity contribution in [3.63, 3.8) is 0 Å². The maximum Gasteiger partial charge on any atom is 0.157 e. The van der Waals surface area contributed by atoms with Crippen molar-refractivity contribution in [3.8, 4) is 17.2 Å². The molecule has 0 N–H and O–H groups in total. The summed E-state index contributed by atoms with van der Waals surface area (Å²) in [6.45, 7) is 8.03. The Bertz CT molecular complexity index is 634. The summed E-state index contributed by atoms with van der Waals surface area (Å²) in [6, 6.07) is 0. The van der Waals surface area contributed by atoms with Crippen LogP contribution in [0.4, 0.5) is 0 Å². The minimum Gasteiger partial charge on any atom is -0.495 e. The average molecular weight is 318 g/mol. The number of carbonyl (C=O) groups excluding carboxylic acids is 2. The summed E-state index contributed by atoms with van der Waals surface area (Å²) < 4.78 is 17.5. The predicted octanol–water partition coefficient (Wildman–Crippen LogP) is 3.53. The van der Waals surface area contributed by atoms with Crippen LogP contribution in [0.5, 0.6) is 17.2 Å². The van der Waals surface area contributed by atoms with Crippen LogP contribution >= 0.6 is 0 Å². The lowest BCUT2D eigenvalue weighted by atomic mass is 9.75. The third-order valence-electron chi connectivity index (χ3n) is 4.55. The molecule has 0 bridgehead atoms. The van der Waals surface area contributed by atoms with E-state index < -0.39 is 11.2 Å². The molecular weight excluding hydrogens is 296 g/mol. The summed E-state index contributed by atoms with van der Waals surface area (Å²) in [5.74, 6) is 1.39. The van der Waals surface area contributed by atoms with Gasteiger partial charge in [-0.25, -0.2) is 0 Å². The Labute approximate surface area is 135 Å². The smallest absolute Gasteiger partial charge is 0.157 e. The first-order valence-corrected chi connectivity index (χ1v) is 7.79. The zero-order chi connectivity index (χ0) is 17.0. The summed E-state index contributed by atoms with van der Waals surface area (Å²) in [6.07, 6.45) is 3.00. The maximum atomic E-state index is 11.7. The number of hydrogen-bond donors (Lipinski definition) is 0. The molecule has 2 aliphatic heterocycles. The zero-order valence-corrected chi connectivity index (χ0v) is 14.2. The second-order valence-corrected chi connectivity index (χ2v) is 7.50. The Morgan fingerprint density at radius 3 is 1.74 bits per heavy atom. The fourth-order valence-corrected chi connectivity index (χ4v) is 3.87. The van der Waals surface area contributed by atoms with Crippen molar-refractivity contribution in [2.75, 3.05) is 7.11 Å². The monoisotopic (exact) mass is 318 g/mol. The van der Waals surface area contributed by atoms with E-state index >= 15 is 0 Å². The molecule has 1 aromatic rings. The molecule has 1 aromatic carbocycles. The number of hydrogen-bond acceptors (Lipinski definition) is 5. The highest BCUT2D eigenvalue weighted by Gasteiger charge is 2.46. The first-order valence-electron chi connectivity index (χ1n) is 7.79. The average Bonchev–Trinajstić information content (AvgIpc) is 2.43. The second-order valence-electron chi connectivity index (χ2n) is 7.50. The van der Waals surface area contributed by atoms with Crippen LogP contribution in [-0.4, -0.2) is 30.9 Å². The van der Waals surface area contributed by atoms with E-state index in [0.717, 1.165) is 18.4 Å². The number of carbonyl (C=O) groups is 2. The summed E-state index contributed by atoms with van der Waals surface area (Å²) in [5, 5.41) is 0. The summed E-state index contributed by atoms with van der Waals surface area (Å²) in [4.78, 5) is 23.3. The Kier molecular flexibility index (Phi) is 3.43. The van der Waals surface area contributed by atoms with Gasteiger partial charge in [0.2, 0.25) is 0 Å². The van der Waals surface area contributed by atoms with E-state index in [1.165, 1.54) is 7.11 Å². The molecule has 0 amide bonds. The zero-order valence-electron chi connectivity index (χ0n) is 14.2. The van der Waals surface area contributed by atoms with Crippen LogP contribution in [0.1, 0.15) is 72.7 Å². The van der Waals surface area contributed by atoms with Crippen LogP contribution in [0.25, 0.3) is 0 Å². The van der Waals surface area contributed by atoms with E-state index in [1.54, 1.807) is 0 Å². The van der Waals surface area contributed by atoms with Crippen molar-refractivity contribution in [1.82, 2.24) is 0 Å². The highest BCUT2D eigenvalue weighted by molar-refractivity contribution is 5.96. The van der Waals surface area contributed by atoms with Gasteiger partial charge in [0.1, 0.15) is 28.5 Å². The maximum absolute atomic E-state index is 11.7. The molecule has 0 radical (unpaired) electrons. The number of methoxy groups -OCH3 is 1. The van der Waals surface area contributed by atoms with E-state index in [2.05, 4.69) is 0 Å². The quantitative estimate of drug-likeness (QED) is 0.798. The van der Waals surface area contributed by atoms with Crippen LogP contribution in [0.15, 0.2) is 0 Å². The molecule has 124 valence electrons. The SMILES string of the molecule is COc1c(C=O)c2c3c(c1C=O)OC(C)(C)CC3CC(C)(C)O2. The van der Waals surface area contributed by atoms with Gasteiger partial charge in [0.15, 0.2) is 12.6 Å². The fraction of sp³-hybridized carbons (Fsp3) is 0.556. The second kappa shape index (κ2) is 4.98. The highest BCUT2D eigenvalue weighted by Crippen LogP contribution is 2.56. The van der Waals surface area contributed by atoms with E-state index in [-0.39, 0.29) is 22.8 Å². The molecule has 2 aliphatic rings. The minimum absolute atomic E-state index is 0.177. The van der Waals surface area contributed by atoms with E-state index in [0.29, 0.717) is 24.1 Å². The molecular formula is C18H22O5. The summed E-state index contributed by atoms with van der Waals surface area (Å²) >= 11 is 0. The largest absolute Gasteiger partial charge is 0.495 e. The van der Waals surface area contributed by atoms with Crippen LogP contribution in [0.3, 0.4) is 0 Å². The van der Waals surface area contributed by atoms with Gasteiger partial charge in [-0.15, -0.1) is 0 Å². The first-order chi connectivity index (χ1) is 10.7. The van der Waals surface area contributed by atoms with Crippen LogP contribution in [0.2, 0.25) is 0 Å². The fourth-order valence-electron chi connectivity index (χ4n) is 3.87. The van der Waals surface area contributed by atoms with E-state index in [9.17, 15) is 9.59 Å². The van der Waals surface area contributed by atoms with Crippen molar-refractivity contribution in [2.45, 2.75) is 57.7 Å². The van der Waals surface area contributed by atoms with Crippen molar-refractivity contribution < 1.29 is 23.8 Å². The standard InChI is InChI=1S/C18H22O5/c1-17(2)6-10-7-18(3,4)23-16-12(9-20)14(21-5)11(8-19)15(22-17)13(10)16/h8-10H,6-7H2,1-5H3. The van der Waals surface area contributed by atoms with Gasteiger partial charge in [0, 0.05) is 5.56 Å². The predicted molar refractivity (Wildman–Crippen MR) is 85.2 cm³/mol. The van der Waals surface area contributed by atoms with Gasteiger partial charge in [-0.3, -0.25) is 9.59 Å². The molecule has 0 fully saturated rings. The van der Waals surface area contributed by atoms with Gasteiger partial charge in [0.05, 0.1) is 18.2 Å². The lowest BCUT2D eigenvalue weighted by Gasteiger charge is -2.46. The van der Waals surface area contributed by atoms with Gasteiger partial charge in [-0.05, 0) is 46.5 Å². The normalized spacial score (nSPS) is 20.7. The molecule has 2 heterocycles. The van der Waals surface area contributed by atoms with Crippen molar-refractivity contribution in [1.29, 1.82) is 0 Å². The Morgan fingerprint density at radius 1 is 0.957 bits per heavy atom. The molecule has 0 saturated heterocycles. The van der Waals surface area contributed by atoms with Gasteiger partial charge >= 0.3 is 0 Å². The topological polar surface area (TPSA) is 61.8 Å². The minimum atomic E-state index is -0.395. The molecule has 5 nitrogen and oxygen atoms in total. The third-order valence-corrected chi connectivity index (χ3v) is 4.55. The molecule has 0 aromatic heterocycles. The van der Waals surface area contributed by atoms with Gasteiger partial charge in [-0.1, -0.05) is 0 Å². The summed E-state index contributed by atoms with van der Waals surface area (Å²) in [5.41, 5.74) is 0.610. The third kappa shape index (κ3) is 2.38. The molecule has 3 rings (SSSR count). The molecule has 0 aliphatic carbocycles. The van der Waals surface area contributed by atoms with Crippen LogP contribution in [0, 0.1) is 0 Å². The Balaban J connectivity index is 2.39. The van der Waals surface area contributed by atoms with Gasteiger partial charge in [0.25, 0.3) is 0 Å². The Morgan fingerprint density at radius 2 is 1.39 bits per heavy atom. The van der Waals surface area contributed by atoms with Gasteiger partial charge < -0.3 is 14.2 Å². The van der Waals surface area contributed by atoms with Crippen molar-refractivity contribution in [2.24, 2.45) is 0 Å². The molecule has 0 spiro atoms. The lowest BCUT2D eigenvalue weighted by molar-refractivity contribution is 0.0191. The molecule has 5 heteroatoms. The Hall–Kier alpha value is -2.04. The number of aldehydes is 2. The van der Waals surface area contributed by atoms with Crippen molar-refractivity contribution >= 4 is 12.6 Å². The molecule has 23 heavy (non-hydrogen) atoms. The first kappa shape index (κ1) is 15.8. The lowest BCUT2D eigenvalue weighted by Crippen LogP contribution is -2.43. The summed E-state index contributed by atoms with van der Waals surface area (Å²) in [7, 11) is 1.44. The van der Waals surface area contributed by atoms with Gasteiger partial charge in [-0.2, -0.15) is 0 Å². The molecule has 0 atom stereocenters. The highest BCUT2D eigenvalue weighted by atomic mass is 16.5.